The summed E-state index contributed by atoms with van der Waals surface area (Å²) in [6.45, 7) is 0.193. The first-order valence-electron chi connectivity index (χ1n) is 14.1. The van der Waals surface area contributed by atoms with Crippen LogP contribution >= 0.6 is 15.4 Å². The Labute approximate surface area is 259 Å². The minimum Gasteiger partial charge on any atom is -0.461 e. The van der Waals surface area contributed by atoms with Crippen molar-refractivity contribution in [1.82, 2.24) is 0 Å². The van der Waals surface area contributed by atoms with Crippen LogP contribution in [0.5, 0.6) is 0 Å². The smallest absolute Gasteiger partial charge is 0.461 e. The molecule has 0 saturated heterocycles. The molecule has 4 rings (SSSR count). The zero-order valence-corrected chi connectivity index (χ0v) is 26.1. The van der Waals surface area contributed by atoms with Gasteiger partial charge in [-0.2, -0.15) is 4.89 Å². The van der Waals surface area contributed by atoms with Gasteiger partial charge in [0.25, 0.3) is 0 Å². The van der Waals surface area contributed by atoms with Crippen molar-refractivity contribution in [3.63, 3.8) is 0 Å². The van der Waals surface area contributed by atoms with Gasteiger partial charge in [-0.3, -0.25) is 14.2 Å². The van der Waals surface area contributed by atoms with Crippen LogP contribution in [0.1, 0.15) is 35.1 Å². The standard InChI is InChI=1S/C27H29O6P.C7H7O2P/c28-26(32-18-22-10-4-1-5-11-22)17-16-25(27(29)33-19-23-12-6-2-7-13-23)21-34(30,31)20-24-14-8-3-9-15-24;8-10(9)6-7-4-2-1-3-5-7/h1-15,25H,16-21H2,(H,30,31);1-5H,6H2/p+1. The van der Waals surface area contributed by atoms with Crippen molar-refractivity contribution in [2.45, 2.75) is 38.4 Å². The Morgan fingerprint density at radius 1 is 0.682 bits per heavy atom. The molecule has 0 bridgehead atoms. The Morgan fingerprint density at radius 3 is 1.59 bits per heavy atom. The van der Waals surface area contributed by atoms with Gasteiger partial charge in [-0.15, -0.1) is 0 Å². The molecule has 0 heterocycles. The summed E-state index contributed by atoms with van der Waals surface area (Å²) in [4.78, 5) is 44.2. The van der Waals surface area contributed by atoms with Gasteiger partial charge in [-0.05, 0) is 27.7 Å². The summed E-state index contributed by atoms with van der Waals surface area (Å²) in [5.74, 6) is -1.96. The summed E-state index contributed by atoms with van der Waals surface area (Å²) in [5, 5.41) is 0. The lowest BCUT2D eigenvalue weighted by Gasteiger charge is -2.19. The summed E-state index contributed by atoms with van der Waals surface area (Å²) in [5.41, 5.74) is 3.30. The van der Waals surface area contributed by atoms with E-state index in [1.165, 1.54) is 0 Å². The largest absolute Gasteiger partial charge is 0.510 e. The lowest BCUT2D eigenvalue weighted by atomic mass is 10.1. The number of ether oxygens (including phenoxy) is 2. The Bertz CT molecular complexity index is 1480. The molecule has 0 fully saturated rings. The van der Waals surface area contributed by atoms with Gasteiger partial charge < -0.3 is 14.4 Å². The molecule has 0 aliphatic rings. The van der Waals surface area contributed by atoms with Crippen LogP contribution in [0.4, 0.5) is 0 Å². The zero-order chi connectivity index (χ0) is 31.6. The highest BCUT2D eigenvalue weighted by atomic mass is 31.2. The van der Waals surface area contributed by atoms with Crippen LogP contribution in [0.3, 0.4) is 0 Å². The Kier molecular flexibility index (Phi) is 14.7. The highest BCUT2D eigenvalue weighted by Gasteiger charge is 2.31. The lowest BCUT2D eigenvalue weighted by molar-refractivity contribution is -0.150. The highest BCUT2D eigenvalue weighted by molar-refractivity contribution is 7.57. The van der Waals surface area contributed by atoms with Gasteiger partial charge >= 0.3 is 20.0 Å². The van der Waals surface area contributed by atoms with Gasteiger partial charge in [0.1, 0.15) is 13.2 Å². The average Bonchev–Trinajstić information content (AvgIpc) is 3.02. The topological polar surface area (TPSA) is 127 Å². The van der Waals surface area contributed by atoms with Crippen LogP contribution in [0.2, 0.25) is 0 Å². The van der Waals surface area contributed by atoms with Gasteiger partial charge in [0.05, 0.1) is 5.92 Å². The van der Waals surface area contributed by atoms with E-state index in [4.69, 9.17) is 14.4 Å². The van der Waals surface area contributed by atoms with E-state index in [0.717, 1.165) is 16.7 Å². The third kappa shape index (κ3) is 14.0. The van der Waals surface area contributed by atoms with E-state index in [2.05, 4.69) is 0 Å². The summed E-state index contributed by atoms with van der Waals surface area (Å²) < 4.78 is 34.0. The number of carbonyl (C=O) groups excluding carboxylic acids is 2. The number of hydrogen-bond donors (Lipinski definition) is 2. The zero-order valence-electron chi connectivity index (χ0n) is 24.3. The van der Waals surface area contributed by atoms with E-state index in [0.29, 0.717) is 5.56 Å². The predicted octanol–water partition coefficient (Wildman–Crippen LogP) is 7.26. The number of rotatable bonds is 14. The summed E-state index contributed by atoms with van der Waals surface area (Å²) in [6, 6.07) is 36.7. The van der Waals surface area contributed by atoms with Gasteiger partial charge in [-0.25, -0.2) is 0 Å². The van der Waals surface area contributed by atoms with Crippen molar-refractivity contribution in [1.29, 1.82) is 0 Å². The minimum absolute atomic E-state index is 0.0469. The molecule has 0 radical (unpaired) electrons. The molecule has 2 N–H and O–H groups in total. The molecular weight excluding hydrogens is 598 g/mol. The molecule has 0 aliphatic heterocycles. The summed E-state index contributed by atoms with van der Waals surface area (Å²) in [7, 11) is -5.72. The quantitative estimate of drug-likeness (QED) is 0.110. The summed E-state index contributed by atoms with van der Waals surface area (Å²) in [6.07, 6.45) is -0.0315. The van der Waals surface area contributed by atoms with Gasteiger partial charge in [0.15, 0.2) is 0 Å². The average molecular weight is 636 g/mol. The SMILES string of the molecule is O=C(CCC(CP(=O)(O)Cc1ccccc1)C(=O)OCc1ccccc1)OCc1ccccc1.O=[P+](O)Cc1ccccc1. The molecule has 3 unspecified atom stereocenters. The Balaban J connectivity index is 0.000000448. The monoisotopic (exact) mass is 635 g/mol. The van der Waals surface area contributed by atoms with Crippen molar-refractivity contribution >= 4 is 27.3 Å². The molecule has 230 valence electrons. The van der Waals surface area contributed by atoms with Gasteiger partial charge in [-0.1, -0.05) is 121 Å². The molecule has 0 aliphatic carbocycles. The van der Waals surface area contributed by atoms with Crippen LogP contribution in [-0.4, -0.2) is 27.9 Å². The first-order chi connectivity index (χ1) is 21.2. The molecule has 4 aromatic rings. The van der Waals surface area contributed by atoms with Crippen LogP contribution in [0.15, 0.2) is 121 Å². The van der Waals surface area contributed by atoms with E-state index >= 15 is 0 Å². The van der Waals surface area contributed by atoms with Crippen LogP contribution in [0.25, 0.3) is 0 Å². The molecule has 0 saturated carbocycles. The van der Waals surface area contributed by atoms with E-state index in [1.807, 2.05) is 97.1 Å². The number of carbonyl (C=O) groups is 2. The Hall–Kier alpha value is -3.93. The maximum atomic E-state index is 13.0. The fourth-order valence-corrected chi connectivity index (χ4v) is 6.70. The molecular formula is C34H37O8P2+. The van der Waals surface area contributed by atoms with E-state index in [9.17, 15) is 23.6 Å². The second kappa shape index (κ2) is 18.7. The summed E-state index contributed by atoms with van der Waals surface area (Å²) >= 11 is 0. The van der Waals surface area contributed by atoms with Crippen LogP contribution in [0, 0.1) is 5.92 Å². The second-order valence-electron chi connectivity index (χ2n) is 10.1. The number of benzene rings is 4. The van der Waals surface area contributed by atoms with Gasteiger partial charge in [0, 0.05) is 24.3 Å². The van der Waals surface area contributed by atoms with E-state index in [1.54, 1.807) is 24.3 Å². The van der Waals surface area contributed by atoms with Crippen molar-refractivity contribution in [3.05, 3.63) is 144 Å². The maximum Gasteiger partial charge on any atom is 0.510 e. The second-order valence-corrected chi connectivity index (χ2v) is 13.5. The first kappa shape index (κ1) is 34.6. The van der Waals surface area contributed by atoms with Crippen molar-refractivity contribution in [2.24, 2.45) is 5.92 Å². The first-order valence-corrected chi connectivity index (χ1v) is 17.6. The fraction of sp³-hybridized carbons (Fsp3) is 0.235. The highest BCUT2D eigenvalue weighted by Crippen LogP contribution is 2.47. The molecule has 0 spiro atoms. The van der Waals surface area contributed by atoms with E-state index in [-0.39, 0.29) is 44.5 Å². The normalized spacial score (nSPS) is 12.9. The molecule has 4 aromatic carbocycles. The molecule has 0 aromatic heterocycles. The van der Waals surface area contributed by atoms with E-state index < -0.39 is 33.3 Å². The molecule has 3 atom stereocenters. The maximum absolute atomic E-state index is 13.0. The van der Waals surface area contributed by atoms with Gasteiger partial charge in [0.2, 0.25) is 13.5 Å². The lowest BCUT2D eigenvalue weighted by Crippen LogP contribution is -2.23. The molecule has 0 amide bonds. The fourth-order valence-electron chi connectivity index (χ4n) is 4.25. The van der Waals surface area contributed by atoms with Crippen molar-refractivity contribution in [3.8, 4) is 0 Å². The third-order valence-corrected chi connectivity index (χ3v) is 8.94. The Morgan fingerprint density at radius 2 is 1.11 bits per heavy atom. The number of hydrogen-bond acceptors (Lipinski definition) is 6. The van der Waals surface area contributed by atoms with Crippen molar-refractivity contribution in [2.75, 3.05) is 6.16 Å². The molecule has 44 heavy (non-hydrogen) atoms. The third-order valence-electron chi connectivity index (χ3n) is 6.44. The molecule has 10 heteroatoms. The van der Waals surface area contributed by atoms with Crippen LogP contribution in [-0.2, 0) is 53.7 Å². The van der Waals surface area contributed by atoms with Crippen molar-refractivity contribution < 1.29 is 38.0 Å². The number of esters is 2. The predicted molar refractivity (Wildman–Crippen MR) is 170 cm³/mol. The van der Waals surface area contributed by atoms with Crippen LogP contribution < -0.4 is 0 Å². The minimum atomic E-state index is -3.70. The molecule has 8 nitrogen and oxygen atoms in total.